The highest BCUT2D eigenvalue weighted by molar-refractivity contribution is 14.0. The molecule has 1 saturated heterocycles. The van der Waals surface area contributed by atoms with E-state index in [-0.39, 0.29) is 29.8 Å². The van der Waals surface area contributed by atoms with E-state index >= 15 is 0 Å². The summed E-state index contributed by atoms with van der Waals surface area (Å²) in [6.07, 6.45) is 1.93. The average Bonchev–Trinajstić information content (AvgIpc) is 2.77. The van der Waals surface area contributed by atoms with Crippen molar-refractivity contribution in [3.05, 3.63) is 53.8 Å². The molecule has 1 aliphatic heterocycles. The van der Waals surface area contributed by atoms with Gasteiger partial charge in [-0.15, -0.1) is 24.0 Å². The van der Waals surface area contributed by atoms with Crippen molar-refractivity contribution in [2.75, 3.05) is 38.8 Å². The van der Waals surface area contributed by atoms with Gasteiger partial charge >= 0.3 is 0 Å². The number of rotatable bonds is 7. The van der Waals surface area contributed by atoms with Crippen molar-refractivity contribution in [3.63, 3.8) is 0 Å². The largest absolute Gasteiger partial charge is 0.493 e. The molecule has 0 bridgehead atoms. The lowest BCUT2D eigenvalue weighted by molar-refractivity contribution is 0.310. The van der Waals surface area contributed by atoms with Crippen molar-refractivity contribution in [2.24, 2.45) is 4.99 Å². The molecule has 0 saturated carbocycles. The van der Waals surface area contributed by atoms with E-state index in [2.05, 4.69) is 20.5 Å². The maximum Gasteiger partial charge on any atom is 0.191 e. The number of hydrogen-bond acceptors (Lipinski definition) is 4. The third kappa shape index (κ3) is 7.15. The van der Waals surface area contributed by atoms with Crippen molar-refractivity contribution in [2.45, 2.75) is 32.4 Å². The van der Waals surface area contributed by atoms with Crippen LogP contribution in [0, 0.1) is 5.82 Å². The molecule has 0 spiro atoms. The third-order valence-electron chi connectivity index (χ3n) is 5.22. The number of methoxy groups -OCH3 is 1. The van der Waals surface area contributed by atoms with Crippen LogP contribution in [0.15, 0.2) is 47.5 Å². The van der Waals surface area contributed by atoms with Crippen LogP contribution in [0.2, 0.25) is 0 Å². The third-order valence-corrected chi connectivity index (χ3v) is 5.22. The number of nitrogens with zero attached hydrogens (tertiary/aromatic N) is 2. The Kier molecular flexibility index (Phi) is 10.2. The van der Waals surface area contributed by atoms with Gasteiger partial charge in [-0.25, -0.2) is 4.39 Å². The summed E-state index contributed by atoms with van der Waals surface area (Å²) in [4.78, 5) is 6.58. The van der Waals surface area contributed by atoms with Gasteiger partial charge in [0.25, 0.3) is 0 Å². The Bertz CT molecular complexity index is 857. The molecule has 6 nitrogen and oxygen atoms in total. The highest BCUT2D eigenvalue weighted by Crippen LogP contribution is 2.28. The molecular weight excluding hydrogens is 510 g/mol. The van der Waals surface area contributed by atoms with Gasteiger partial charge in [-0.3, -0.25) is 4.99 Å². The maximum atomic E-state index is 13.5. The molecule has 0 aromatic heterocycles. The van der Waals surface area contributed by atoms with Crippen LogP contribution in [0.1, 0.15) is 25.3 Å². The molecule has 1 fully saturated rings. The van der Waals surface area contributed by atoms with Crippen LogP contribution >= 0.6 is 24.0 Å². The Morgan fingerprint density at radius 1 is 1.16 bits per heavy atom. The molecule has 31 heavy (non-hydrogen) atoms. The first kappa shape index (κ1) is 25.0. The summed E-state index contributed by atoms with van der Waals surface area (Å²) < 4.78 is 24.5. The van der Waals surface area contributed by atoms with Crippen LogP contribution < -0.4 is 25.0 Å². The Balaban J connectivity index is 0.00000341. The summed E-state index contributed by atoms with van der Waals surface area (Å²) in [7, 11) is 3.41. The molecule has 170 valence electrons. The van der Waals surface area contributed by atoms with Crippen LogP contribution in [-0.4, -0.2) is 45.9 Å². The van der Waals surface area contributed by atoms with E-state index in [1.807, 2.05) is 31.2 Å². The van der Waals surface area contributed by atoms with Crippen LogP contribution in [0.4, 0.5) is 10.1 Å². The van der Waals surface area contributed by atoms with Gasteiger partial charge in [0.2, 0.25) is 0 Å². The minimum Gasteiger partial charge on any atom is -0.493 e. The van der Waals surface area contributed by atoms with Crippen LogP contribution in [0.25, 0.3) is 0 Å². The van der Waals surface area contributed by atoms with Gasteiger partial charge in [-0.05, 0) is 55.7 Å². The minimum absolute atomic E-state index is 0. The normalized spacial score (nSPS) is 14.6. The van der Waals surface area contributed by atoms with E-state index in [0.29, 0.717) is 19.2 Å². The molecule has 0 radical (unpaired) electrons. The van der Waals surface area contributed by atoms with E-state index in [0.717, 1.165) is 54.6 Å². The lowest BCUT2D eigenvalue weighted by Crippen LogP contribution is -2.48. The molecule has 0 aliphatic carbocycles. The van der Waals surface area contributed by atoms with Crippen LogP contribution in [-0.2, 0) is 6.54 Å². The van der Waals surface area contributed by atoms with Crippen LogP contribution in [0.3, 0.4) is 0 Å². The summed E-state index contributed by atoms with van der Waals surface area (Å²) in [6.45, 7) is 4.94. The maximum absolute atomic E-state index is 13.5. The molecule has 1 heterocycles. The Morgan fingerprint density at radius 2 is 1.94 bits per heavy atom. The van der Waals surface area contributed by atoms with E-state index in [1.165, 1.54) is 6.07 Å². The average molecular weight is 542 g/mol. The Morgan fingerprint density at radius 3 is 2.58 bits per heavy atom. The van der Waals surface area contributed by atoms with E-state index in [9.17, 15) is 4.39 Å². The molecule has 2 aromatic rings. The number of hydrogen-bond donors (Lipinski definition) is 2. The SMILES string of the molecule is CCOc1cc(CNC(=NC)NC2CCN(c3cccc(F)c3)CC2)ccc1OC.I. The topological polar surface area (TPSA) is 58.1 Å². The molecule has 2 N–H and O–H groups in total. The molecule has 2 aromatic carbocycles. The van der Waals surface area contributed by atoms with Crippen LogP contribution in [0.5, 0.6) is 11.5 Å². The summed E-state index contributed by atoms with van der Waals surface area (Å²) in [5.74, 6) is 2.05. The van der Waals surface area contributed by atoms with Gasteiger partial charge in [-0.1, -0.05) is 12.1 Å². The number of nitrogens with one attached hydrogen (secondary N) is 2. The van der Waals surface area contributed by atoms with Crippen molar-refractivity contribution >= 4 is 35.6 Å². The fourth-order valence-corrected chi connectivity index (χ4v) is 3.63. The summed E-state index contributed by atoms with van der Waals surface area (Å²) in [5.41, 5.74) is 2.03. The van der Waals surface area contributed by atoms with Crippen molar-refractivity contribution in [1.29, 1.82) is 0 Å². The second-order valence-electron chi connectivity index (χ2n) is 7.23. The standard InChI is InChI=1S/C23H31FN4O2.HI/c1-4-30-22-14-17(8-9-21(22)29-3)16-26-23(25-2)27-19-10-12-28(13-11-19)20-7-5-6-18(24)15-20;/h5-9,14-15,19H,4,10-13,16H2,1-3H3,(H2,25,26,27);1H. The quantitative estimate of drug-likeness (QED) is 0.313. The number of piperidine rings is 1. The molecule has 8 heteroatoms. The van der Waals surface area contributed by atoms with Crippen molar-refractivity contribution < 1.29 is 13.9 Å². The van der Waals surface area contributed by atoms with Crippen molar-refractivity contribution in [1.82, 2.24) is 10.6 Å². The van der Waals surface area contributed by atoms with E-state index in [4.69, 9.17) is 9.47 Å². The lowest BCUT2D eigenvalue weighted by atomic mass is 10.0. The predicted octanol–water partition coefficient (Wildman–Crippen LogP) is 4.19. The molecule has 1 aliphatic rings. The first-order chi connectivity index (χ1) is 14.6. The smallest absolute Gasteiger partial charge is 0.191 e. The number of aliphatic imine (C=N–C) groups is 1. The number of benzene rings is 2. The number of halogens is 2. The fourth-order valence-electron chi connectivity index (χ4n) is 3.63. The number of ether oxygens (including phenoxy) is 2. The molecule has 0 atom stereocenters. The summed E-state index contributed by atoms with van der Waals surface area (Å²) in [6, 6.07) is 13.0. The second-order valence-corrected chi connectivity index (χ2v) is 7.23. The number of anilines is 1. The lowest BCUT2D eigenvalue weighted by Gasteiger charge is -2.34. The second kappa shape index (κ2) is 12.6. The summed E-state index contributed by atoms with van der Waals surface area (Å²) >= 11 is 0. The van der Waals surface area contributed by atoms with Gasteiger partial charge in [0.15, 0.2) is 17.5 Å². The van der Waals surface area contributed by atoms with E-state index < -0.39 is 0 Å². The van der Waals surface area contributed by atoms with Gasteiger partial charge in [0.05, 0.1) is 13.7 Å². The fraction of sp³-hybridized carbons (Fsp3) is 0.435. The van der Waals surface area contributed by atoms with Gasteiger partial charge in [0, 0.05) is 38.4 Å². The van der Waals surface area contributed by atoms with Gasteiger partial charge < -0.3 is 25.0 Å². The molecule has 0 amide bonds. The zero-order valence-corrected chi connectivity index (χ0v) is 20.7. The highest BCUT2D eigenvalue weighted by atomic mass is 127. The van der Waals surface area contributed by atoms with Gasteiger partial charge in [-0.2, -0.15) is 0 Å². The zero-order valence-electron chi connectivity index (χ0n) is 18.4. The highest BCUT2D eigenvalue weighted by Gasteiger charge is 2.20. The van der Waals surface area contributed by atoms with E-state index in [1.54, 1.807) is 26.3 Å². The first-order valence-corrected chi connectivity index (χ1v) is 10.4. The number of guanidine groups is 1. The first-order valence-electron chi connectivity index (χ1n) is 10.4. The molecule has 3 rings (SSSR count). The predicted molar refractivity (Wildman–Crippen MR) is 135 cm³/mol. The Hall–Kier alpha value is -2.23. The monoisotopic (exact) mass is 542 g/mol. The summed E-state index contributed by atoms with van der Waals surface area (Å²) in [5, 5.41) is 6.87. The van der Waals surface area contributed by atoms with Crippen molar-refractivity contribution in [3.8, 4) is 11.5 Å². The molecular formula is C23H32FIN4O2. The Labute approximate surface area is 201 Å². The zero-order chi connectivity index (χ0) is 21.3. The molecule has 0 unspecified atom stereocenters. The van der Waals surface area contributed by atoms with Gasteiger partial charge in [0.1, 0.15) is 5.82 Å². The minimum atomic E-state index is -0.191.